The lowest BCUT2D eigenvalue weighted by molar-refractivity contribution is -0.126. The minimum absolute atomic E-state index is 0. The molecule has 3 heterocycles. The third-order valence-electron chi connectivity index (χ3n) is 5.67. The molecule has 0 unspecified atom stereocenters. The van der Waals surface area contributed by atoms with Crippen molar-refractivity contribution in [3.05, 3.63) is 54.8 Å². The Hall–Kier alpha value is -2.64. The summed E-state index contributed by atoms with van der Waals surface area (Å²) in [6, 6.07) is 9.58. The largest absolute Gasteiger partial charge is 0.440 e. The molecule has 2 N–H and O–H groups in total. The molecular weight excluding hydrogens is 390 g/mol. The van der Waals surface area contributed by atoms with Crippen molar-refractivity contribution in [2.75, 3.05) is 18.4 Å². The van der Waals surface area contributed by atoms with E-state index >= 15 is 0 Å². The Bertz CT molecular complexity index is 957. The van der Waals surface area contributed by atoms with Gasteiger partial charge < -0.3 is 15.1 Å². The molecule has 3 aromatic rings. The molecule has 7 nitrogen and oxygen atoms in total. The lowest BCUT2D eigenvalue weighted by Crippen LogP contribution is -2.52. The molecule has 1 amide bonds. The zero-order chi connectivity index (χ0) is 19.0. The van der Waals surface area contributed by atoms with Crippen LogP contribution in [-0.2, 0) is 10.3 Å². The summed E-state index contributed by atoms with van der Waals surface area (Å²) < 4.78 is 7.65. The minimum Gasteiger partial charge on any atom is -0.440 e. The number of carbonyl (C=O) groups is 1. The van der Waals surface area contributed by atoms with Gasteiger partial charge in [0.25, 0.3) is 5.91 Å². The maximum atomic E-state index is 13.2. The Balaban J connectivity index is 0.00000205. The van der Waals surface area contributed by atoms with Crippen LogP contribution in [0.4, 0.5) is 5.69 Å². The molecule has 1 aliphatic heterocycles. The highest BCUT2D eigenvalue weighted by Gasteiger charge is 2.42. The number of hydrogen-bond donors (Lipinski definition) is 2. The Morgan fingerprint density at radius 1 is 1.21 bits per heavy atom. The number of halogens is 1. The SMILES string of the molecule is Cl.O=C(Nc1ccc(-c2cnc(C3CC3)o2)cc1)C1(n2cccn2)CCNCC1. The van der Waals surface area contributed by atoms with Crippen LogP contribution in [0.5, 0.6) is 0 Å². The van der Waals surface area contributed by atoms with E-state index in [0.717, 1.165) is 36.0 Å². The lowest BCUT2D eigenvalue weighted by Gasteiger charge is -2.36. The number of hydrogen-bond acceptors (Lipinski definition) is 5. The van der Waals surface area contributed by atoms with Crippen molar-refractivity contribution in [2.45, 2.75) is 37.1 Å². The van der Waals surface area contributed by atoms with Crippen LogP contribution in [0.3, 0.4) is 0 Å². The number of benzene rings is 1. The number of nitrogens with zero attached hydrogens (tertiary/aromatic N) is 3. The number of oxazole rings is 1. The third-order valence-corrected chi connectivity index (χ3v) is 5.67. The van der Waals surface area contributed by atoms with E-state index < -0.39 is 5.54 Å². The number of anilines is 1. The molecule has 5 rings (SSSR count). The highest BCUT2D eigenvalue weighted by Crippen LogP contribution is 2.40. The van der Waals surface area contributed by atoms with Crippen molar-refractivity contribution in [1.82, 2.24) is 20.1 Å². The topological polar surface area (TPSA) is 85.0 Å². The highest BCUT2D eigenvalue weighted by atomic mass is 35.5. The van der Waals surface area contributed by atoms with Gasteiger partial charge in [0, 0.05) is 29.6 Å². The van der Waals surface area contributed by atoms with Gasteiger partial charge in [0.1, 0.15) is 5.54 Å². The van der Waals surface area contributed by atoms with Crippen LogP contribution in [0.15, 0.2) is 53.3 Å². The molecular formula is C21H24ClN5O2. The first kappa shape index (κ1) is 19.7. The number of rotatable bonds is 5. The first-order valence-electron chi connectivity index (χ1n) is 9.83. The summed E-state index contributed by atoms with van der Waals surface area (Å²) in [6.07, 6.45) is 9.12. The molecule has 0 radical (unpaired) electrons. The molecule has 0 bridgehead atoms. The standard InChI is InChI=1S/C21H23N5O2.ClH/c27-20(21(8-11-22-12-9-21)26-13-1-10-24-26)25-17-6-4-15(5-7-17)18-14-23-19(28-18)16-2-3-16;/h1,4-7,10,13-14,16,22H,2-3,8-9,11-12H2,(H,25,27);1H. The van der Waals surface area contributed by atoms with Gasteiger partial charge in [-0.15, -0.1) is 12.4 Å². The van der Waals surface area contributed by atoms with Gasteiger partial charge in [0.05, 0.1) is 6.20 Å². The number of carbonyl (C=O) groups excluding carboxylic acids is 1. The van der Waals surface area contributed by atoms with Crippen molar-refractivity contribution in [1.29, 1.82) is 0 Å². The van der Waals surface area contributed by atoms with Crippen LogP contribution >= 0.6 is 12.4 Å². The molecule has 29 heavy (non-hydrogen) atoms. The summed E-state index contributed by atoms with van der Waals surface area (Å²) in [4.78, 5) is 17.6. The van der Waals surface area contributed by atoms with Crippen LogP contribution in [0.1, 0.15) is 37.5 Å². The molecule has 1 saturated carbocycles. The summed E-state index contributed by atoms with van der Waals surface area (Å²) in [7, 11) is 0. The van der Waals surface area contributed by atoms with Crippen LogP contribution in [0.25, 0.3) is 11.3 Å². The maximum absolute atomic E-state index is 13.2. The van der Waals surface area contributed by atoms with Gasteiger partial charge in [-0.2, -0.15) is 5.10 Å². The second kappa shape index (κ2) is 8.00. The van der Waals surface area contributed by atoms with Crippen LogP contribution in [0, 0.1) is 0 Å². The fourth-order valence-corrected chi connectivity index (χ4v) is 3.83. The first-order chi connectivity index (χ1) is 13.7. The van der Waals surface area contributed by atoms with Crippen molar-refractivity contribution >= 4 is 24.0 Å². The minimum atomic E-state index is -0.655. The number of nitrogens with one attached hydrogen (secondary N) is 2. The first-order valence-corrected chi connectivity index (χ1v) is 9.83. The predicted octanol–water partition coefficient (Wildman–Crippen LogP) is 3.55. The normalized spacial score (nSPS) is 18.1. The molecule has 152 valence electrons. The fraction of sp³-hybridized carbons (Fsp3) is 0.381. The fourth-order valence-electron chi connectivity index (χ4n) is 3.83. The van der Waals surface area contributed by atoms with Gasteiger partial charge >= 0.3 is 0 Å². The molecule has 1 aliphatic carbocycles. The van der Waals surface area contributed by atoms with Gasteiger partial charge in [-0.05, 0) is 69.1 Å². The summed E-state index contributed by atoms with van der Waals surface area (Å²) in [6.45, 7) is 1.59. The van der Waals surface area contributed by atoms with Gasteiger partial charge in [-0.1, -0.05) is 0 Å². The van der Waals surface area contributed by atoms with E-state index in [4.69, 9.17) is 4.42 Å². The van der Waals surface area contributed by atoms with E-state index in [1.165, 1.54) is 12.8 Å². The Kier molecular flexibility index (Phi) is 5.43. The third kappa shape index (κ3) is 3.80. The second-order valence-electron chi connectivity index (χ2n) is 7.60. The van der Waals surface area contributed by atoms with Crippen molar-refractivity contribution < 1.29 is 9.21 Å². The lowest BCUT2D eigenvalue weighted by atomic mass is 9.87. The molecule has 2 aromatic heterocycles. The monoisotopic (exact) mass is 413 g/mol. The quantitative estimate of drug-likeness (QED) is 0.668. The van der Waals surface area contributed by atoms with E-state index in [2.05, 4.69) is 20.7 Å². The summed E-state index contributed by atoms with van der Waals surface area (Å²) in [5.41, 5.74) is 1.07. The molecule has 2 fully saturated rings. The molecule has 8 heteroatoms. The number of amides is 1. The molecule has 2 aliphatic rings. The Morgan fingerprint density at radius 2 is 1.97 bits per heavy atom. The van der Waals surface area contributed by atoms with E-state index in [-0.39, 0.29) is 18.3 Å². The molecule has 1 aromatic carbocycles. The van der Waals surface area contributed by atoms with E-state index in [0.29, 0.717) is 18.8 Å². The maximum Gasteiger partial charge on any atom is 0.252 e. The summed E-state index contributed by atoms with van der Waals surface area (Å²) in [5, 5.41) is 10.8. The molecule has 0 spiro atoms. The number of aromatic nitrogens is 3. The second-order valence-corrected chi connectivity index (χ2v) is 7.60. The van der Waals surface area contributed by atoms with Gasteiger partial charge in [0.15, 0.2) is 11.7 Å². The van der Waals surface area contributed by atoms with Gasteiger partial charge in [0.2, 0.25) is 0 Å². The van der Waals surface area contributed by atoms with Crippen molar-refractivity contribution in [2.24, 2.45) is 0 Å². The van der Waals surface area contributed by atoms with Crippen LogP contribution in [0.2, 0.25) is 0 Å². The summed E-state index contributed by atoms with van der Waals surface area (Å²) >= 11 is 0. The molecule has 0 atom stereocenters. The summed E-state index contributed by atoms with van der Waals surface area (Å²) in [5.74, 6) is 2.07. The Morgan fingerprint density at radius 3 is 2.62 bits per heavy atom. The van der Waals surface area contributed by atoms with Crippen molar-refractivity contribution in [3.8, 4) is 11.3 Å². The van der Waals surface area contributed by atoms with E-state index in [9.17, 15) is 4.79 Å². The van der Waals surface area contributed by atoms with E-state index in [1.807, 2.05) is 36.5 Å². The van der Waals surface area contributed by atoms with E-state index in [1.54, 1.807) is 17.1 Å². The predicted molar refractivity (Wildman–Crippen MR) is 112 cm³/mol. The smallest absolute Gasteiger partial charge is 0.252 e. The zero-order valence-electron chi connectivity index (χ0n) is 16.0. The number of piperidine rings is 1. The van der Waals surface area contributed by atoms with Gasteiger partial charge in [-0.3, -0.25) is 9.48 Å². The van der Waals surface area contributed by atoms with Gasteiger partial charge in [-0.25, -0.2) is 4.98 Å². The average Bonchev–Trinajstić information content (AvgIpc) is 3.22. The molecule has 1 saturated heterocycles. The average molecular weight is 414 g/mol. The zero-order valence-corrected chi connectivity index (χ0v) is 16.8. The van der Waals surface area contributed by atoms with Crippen molar-refractivity contribution in [3.63, 3.8) is 0 Å². The van der Waals surface area contributed by atoms with Crippen LogP contribution in [-0.4, -0.2) is 33.8 Å². The Labute approximate surface area is 175 Å². The van der Waals surface area contributed by atoms with Crippen LogP contribution < -0.4 is 10.6 Å². The highest BCUT2D eigenvalue weighted by molar-refractivity contribution is 5.97.